The van der Waals surface area contributed by atoms with E-state index in [1.165, 1.54) is 4.90 Å². The Labute approximate surface area is 193 Å². The molecule has 0 aliphatic carbocycles. The maximum absolute atomic E-state index is 13.4. The predicted molar refractivity (Wildman–Crippen MR) is 125 cm³/mol. The molecule has 2 unspecified atom stereocenters. The lowest BCUT2D eigenvalue weighted by molar-refractivity contribution is -0.138. The van der Waals surface area contributed by atoms with Crippen molar-refractivity contribution in [1.82, 2.24) is 15.1 Å². The van der Waals surface area contributed by atoms with Gasteiger partial charge in [0, 0.05) is 5.69 Å². The van der Waals surface area contributed by atoms with E-state index < -0.39 is 12.1 Å². The van der Waals surface area contributed by atoms with Crippen molar-refractivity contribution >= 4 is 23.5 Å². The van der Waals surface area contributed by atoms with Gasteiger partial charge in [-0.25, -0.2) is 4.79 Å². The Hall–Kier alpha value is -3.39. The van der Waals surface area contributed by atoms with Gasteiger partial charge in [-0.1, -0.05) is 18.2 Å². The van der Waals surface area contributed by atoms with E-state index in [2.05, 4.69) is 10.6 Å². The molecule has 2 fully saturated rings. The summed E-state index contributed by atoms with van der Waals surface area (Å²) in [4.78, 5) is 42.3. The van der Waals surface area contributed by atoms with Crippen molar-refractivity contribution in [2.45, 2.75) is 45.3 Å². The highest BCUT2D eigenvalue weighted by molar-refractivity contribution is 6.02. The third-order valence-electron chi connectivity index (χ3n) is 6.15. The van der Waals surface area contributed by atoms with Crippen LogP contribution in [0.4, 0.5) is 10.5 Å². The van der Waals surface area contributed by atoms with E-state index in [0.717, 1.165) is 23.1 Å². The van der Waals surface area contributed by atoms with Gasteiger partial charge in [-0.2, -0.15) is 0 Å². The molecule has 0 saturated carbocycles. The number of ether oxygens (including phenoxy) is 1. The molecule has 2 heterocycles. The average molecular weight is 451 g/mol. The summed E-state index contributed by atoms with van der Waals surface area (Å²) >= 11 is 0. The fourth-order valence-corrected chi connectivity index (χ4v) is 4.66. The number of imide groups is 1. The van der Waals surface area contributed by atoms with Gasteiger partial charge in [0.2, 0.25) is 11.8 Å². The lowest BCUT2D eigenvalue weighted by Gasteiger charge is -2.46. The van der Waals surface area contributed by atoms with Crippen molar-refractivity contribution in [2.75, 3.05) is 25.5 Å². The summed E-state index contributed by atoms with van der Waals surface area (Å²) in [5, 5.41) is 6.16. The van der Waals surface area contributed by atoms with Gasteiger partial charge in [0.25, 0.3) is 0 Å². The molecule has 2 aromatic carbocycles. The predicted octanol–water partition coefficient (Wildman–Crippen LogP) is 2.84. The lowest BCUT2D eigenvalue weighted by Crippen LogP contribution is -2.70. The number of carbonyl (C=O) groups is 3. The minimum atomic E-state index is -0.510. The van der Waals surface area contributed by atoms with E-state index in [9.17, 15) is 14.4 Å². The van der Waals surface area contributed by atoms with Crippen LogP contribution in [0.1, 0.15) is 29.5 Å². The monoisotopic (exact) mass is 450 g/mol. The van der Waals surface area contributed by atoms with Gasteiger partial charge in [0.15, 0.2) is 0 Å². The van der Waals surface area contributed by atoms with Gasteiger partial charge >= 0.3 is 6.03 Å². The Balaban J connectivity index is 1.53. The fraction of sp³-hybridized carbons (Fsp3) is 0.400. The highest BCUT2D eigenvalue weighted by Gasteiger charge is 2.47. The topological polar surface area (TPSA) is 91.0 Å². The zero-order valence-corrected chi connectivity index (χ0v) is 19.3. The number of urea groups is 1. The largest absolute Gasteiger partial charge is 0.497 e. The van der Waals surface area contributed by atoms with E-state index in [-0.39, 0.29) is 30.9 Å². The Morgan fingerprint density at radius 3 is 2.48 bits per heavy atom. The first-order valence-electron chi connectivity index (χ1n) is 11.2. The summed E-state index contributed by atoms with van der Waals surface area (Å²) in [7, 11) is 1.59. The maximum Gasteiger partial charge on any atom is 0.327 e. The Morgan fingerprint density at radius 1 is 1.12 bits per heavy atom. The first-order chi connectivity index (χ1) is 15.9. The number of hydrogen-bond donors (Lipinski definition) is 2. The van der Waals surface area contributed by atoms with Crippen LogP contribution in [0.15, 0.2) is 42.5 Å². The molecule has 2 aliphatic heterocycles. The summed E-state index contributed by atoms with van der Waals surface area (Å²) in [6.07, 6.45) is 1.53. The van der Waals surface area contributed by atoms with Crippen molar-refractivity contribution in [2.24, 2.45) is 0 Å². The normalized spacial score (nSPS) is 20.5. The molecule has 0 aromatic heterocycles. The van der Waals surface area contributed by atoms with Gasteiger partial charge < -0.3 is 20.3 Å². The molecule has 0 radical (unpaired) electrons. The number of anilines is 1. The number of methoxy groups -OCH3 is 1. The number of fused-ring (bicyclic) bond motifs is 1. The Bertz CT molecular complexity index is 1030. The SMILES string of the molecule is COc1ccc(CN2C(=O)C3NCCCC3N(CC(=O)Nc3cc(C)cc(C)c3)C2=O)cc1. The fourth-order valence-electron chi connectivity index (χ4n) is 4.66. The summed E-state index contributed by atoms with van der Waals surface area (Å²) in [6, 6.07) is 11.8. The van der Waals surface area contributed by atoms with Crippen LogP contribution in [0.25, 0.3) is 0 Å². The molecular weight excluding hydrogens is 420 g/mol. The van der Waals surface area contributed by atoms with Gasteiger partial charge in [-0.15, -0.1) is 0 Å². The third-order valence-corrected chi connectivity index (χ3v) is 6.15. The molecule has 4 amide bonds. The highest BCUT2D eigenvalue weighted by atomic mass is 16.5. The number of nitrogens with zero attached hydrogens (tertiary/aromatic N) is 2. The number of piperidine rings is 1. The molecule has 4 rings (SSSR count). The standard InChI is InChI=1S/C25H30N4O4/c1-16-11-17(2)13-19(12-16)27-22(30)15-28-21-5-4-10-26-23(21)24(31)29(25(28)32)14-18-6-8-20(33-3)9-7-18/h6-9,11-13,21,23,26H,4-5,10,14-15H2,1-3H3,(H,27,30). The van der Waals surface area contributed by atoms with Crippen LogP contribution in [-0.4, -0.2) is 59.9 Å². The minimum Gasteiger partial charge on any atom is -0.497 e. The third kappa shape index (κ3) is 5.01. The molecule has 174 valence electrons. The van der Waals surface area contributed by atoms with E-state index in [4.69, 9.17) is 4.74 Å². The number of nitrogens with one attached hydrogen (secondary N) is 2. The van der Waals surface area contributed by atoms with Gasteiger partial charge in [0.05, 0.1) is 19.7 Å². The Kier molecular flexibility index (Phi) is 6.65. The number of amides is 4. The van der Waals surface area contributed by atoms with E-state index >= 15 is 0 Å². The molecule has 0 spiro atoms. The molecular formula is C25H30N4O4. The van der Waals surface area contributed by atoms with Gasteiger partial charge in [-0.3, -0.25) is 14.5 Å². The van der Waals surface area contributed by atoms with Crippen molar-refractivity contribution in [3.63, 3.8) is 0 Å². The van der Waals surface area contributed by atoms with Crippen LogP contribution in [-0.2, 0) is 16.1 Å². The van der Waals surface area contributed by atoms with Crippen molar-refractivity contribution in [3.8, 4) is 5.75 Å². The van der Waals surface area contributed by atoms with Crippen LogP contribution >= 0.6 is 0 Å². The summed E-state index contributed by atoms with van der Waals surface area (Å²) in [5.74, 6) is 0.177. The maximum atomic E-state index is 13.4. The van der Waals surface area contributed by atoms with Crippen LogP contribution in [0, 0.1) is 13.8 Å². The molecule has 33 heavy (non-hydrogen) atoms. The lowest BCUT2D eigenvalue weighted by atomic mass is 9.93. The average Bonchev–Trinajstić information content (AvgIpc) is 2.79. The zero-order chi connectivity index (χ0) is 23.5. The van der Waals surface area contributed by atoms with Crippen molar-refractivity contribution < 1.29 is 19.1 Å². The molecule has 2 saturated heterocycles. The summed E-state index contributed by atoms with van der Waals surface area (Å²) in [5.41, 5.74) is 3.61. The second-order valence-electron chi connectivity index (χ2n) is 8.75. The zero-order valence-electron chi connectivity index (χ0n) is 19.3. The number of benzene rings is 2. The molecule has 0 bridgehead atoms. The number of carbonyl (C=O) groups excluding carboxylic acids is 3. The van der Waals surface area contributed by atoms with Crippen LogP contribution < -0.4 is 15.4 Å². The summed E-state index contributed by atoms with van der Waals surface area (Å²) < 4.78 is 5.19. The molecule has 2 N–H and O–H groups in total. The number of aryl methyl sites for hydroxylation is 2. The molecule has 2 aliphatic rings. The smallest absolute Gasteiger partial charge is 0.327 e. The minimum absolute atomic E-state index is 0.110. The second kappa shape index (κ2) is 9.62. The quantitative estimate of drug-likeness (QED) is 0.706. The van der Waals surface area contributed by atoms with Crippen molar-refractivity contribution in [1.29, 1.82) is 0 Å². The first kappa shape index (κ1) is 22.8. The van der Waals surface area contributed by atoms with E-state index in [1.54, 1.807) is 24.1 Å². The van der Waals surface area contributed by atoms with E-state index in [0.29, 0.717) is 24.4 Å². The Morgan fingerprint density at radius 2 is 1.82 bits per heavy atom. The van der Waals surface area contributed by atoms with Crippen LogP contribution in [0.3, 0.4) is 0 Å². The summed E-state index contributed by atoms with van der Waals surface area (Å²) in [6.45, 7) is 4.68. The van der Waals surface area contributed by atoms with E-state index in [1.807, 2.05) is 44.2 Å². The number of hydrogen-bond acceptors (Lipinski definition) is 5. The van der Waals surface area contributed by atoms with Gasteiger partial charge in [0.1, 0.15) is 18.3 Å². The molecule has 8 nitrogen and oxygen atoms in total. The number of rotatable bonds is 6. The molecule has 8 heteroatoms. The van der Waals surface area contributed by atoms with Crippen LogP contribution in [0.5, 0.6) is 5.75 Å². The molecule has 2 aromatic rings. The van der Waals surface area contributed by atoms with Gasteiger partial charge in [-0.05, 0) is 74.2 Å². The van der Waals surface area contributed by atoms with Crippen molar-refractivity contribution in [3.05, 3.63) is 59.2 Å². The molecule has 2 atom stereocenters. The second-order valence-corrected chi connectivity index (χ2v) is 8.75. The highest BCUT2D eigenvalue weighted by Crippen LogP contribution is 2.26. The first-order valence-corrected chi connectivity index (χ1v) is 11.2. The van der Waals surface area contributed by atoms with Crippen LogP contribution in [0.2, 0.25) is 0 Å².